The Labute approximate surface area is 149 Å². The van der Waals surface area contributed by atoms with E-state index in [1.165, 1.54) is 30.0 Å². The predicted octanol–water partition coefficient (Wildman–Crippen LogP) is 1.50. The van der Waals surface area contributed by atoms with Crippen LogP contribution in [-0.4, -0.2) is 69.9 Å². The highest BCUT2D eigenvalue weighted by molar-refractivity contribution is 8.18. The molecule has 0 unspecified atom stereocenters. The van der Waals surface area contributed by atoms with Gasteiger partial charge in [0.05, 0.1) is 11.5 Å². The summed E-state index contributed by atoms with van der Waals surface area (Å²) in [6, 6.07) is 3.78. The number of hydrogen-bond donors (Lipinski definition) is 2. The highest BCUT2D eigenvalue weighted by atomic mass is 32.2. The molecule has 8 heteroatoms. The van der Waals surface area contributed by atoms with Crippen molar-refractivity contribution in [2.45, 2.75) is 13.0 Å². The summed E-state index contributed by atoms with van der Waals surface area (Å²) < 4.78 is 13.3. The van der Waals surface area contributed by atoms with E-state index in [9.17, 15) is 14.3 Å². The molecule has 2 aliphatic heterocycles. The second-order valence-electron chi connectivity index (χ2n) is 6.08. The maximum absolute atomic E-state index is 13.3. The zero-order valence-electron chi connectivity index (χ0n) is 13.9. The number of β-amino-alcohol motifs (C(OH)–C–C–N with tert-alkyl or cyclic N) is 1. The number of aliphatic hydroxyl groups excluding tert-OH is 1. The van der Waals surface area contributed by atoms with Gasteiger partial charge in [-0.05, 0) is 43.0 Å². The van der Waals surface area contributed by atoms with E-state index in [0.29, 0.717) is 16.6 Å². The molecule has 6 nitrogen and oxygen atoms in total. The first-order valence-electron chi connectivity index (χ1n) is 8.09. The third-order valence-electron chi connectivity index (χ3n) is 4.26. The maximum Gasteiger partial charge on any atom is 0.286 e. The molecule has 1 saturated heterocycles. The summed E-state index contributed by atoms with van der Waals surface area (Å²) in [5.74, 6) is -0.940. The first kappa shape index (κ1) is 17.9. The van der Waals surface area contributed by atoms with Crippen LogP contribution in [0, 0.1) is 5.82 Å². The van der Waals surface area contributed by atoms with Crippen LogP contribution in [0.5, 0.6) is 5.75 Å². The average molecular weight is 365 g/mol. The topological polar surface area (TPSA) is 76.4 Å². The van der Waals surface area contributed by atoms with Gasteiger partial charge in [-0.1, -0.05) is 0 Å². The number of carbonyl (C=O) groups excluding carboxylic acids is 1. The van der Waals surface area contributed by atoms with Crippen molar-refractivity contribution in [1.82, 2.24) is 9.80 Å². The Kier molecular flexibility index (Phi) is 5.41. The Hall–Kier alpha value is -1.90. The van der Waals surface area contributed by atoms with E-state index in [0.717, 1.165) is 25.7 Å². The van der Waals surface area contributed by atoms with Gasteiger partial charge in [-0.3, -0.25) is 9.69 Å². The van der Waals surface area contributed by atoms with Crippen molar-refractivity contribution in [1.29, 1.82) is 0 Å². The largest absolute Gasteiger partial charge is 0.507 e. The fourth-order valence-electron chi connectivity index (χ4n) is 2.96. The van der Waals surface area contributed by atoms with E-state index in [1.54, 1.807) is 0 Å². The van der Waals surface area contributed by atoms with Gasteiger partial charge < -0.3 is 15.1 Å². The van der Waals surface area contributed by atoms with Crippen LogP contribution in [-0.2, 0) is 4.79 Å². The molecule has 0 aromatic heterocycles. The van der Waals surface area contributed by atoms with Crippen LogP contribution in [0.3, 0.4) is 0 Å². The van der Waals surface area contributed by atoms with Gasteiger partial charge >= 0.3 is 0 Å². The van der Waals surface area contributed by atoms with E-state index in [2.05, 4.69) is 21.7 Å². The van der Waals surface area contributed by atoms with Gasteiger partial charge in [0.15, 0.2) is 5.17 Å². The van der Waals surface area contributed by atoms with E-state index >= 15 is 0 Å². The fourth-order valence-corrected chi connectivity index (χ4v) is 4.00. The predicted molar refractivity (Wildman–Crippen MR) is 95.8 cm³/mol. The molecule has 0 bridgehead atoms. The van der Waals surface area contributed by atoms with Crippen molar-refractivity contribution >= 4 is 28.9 Å². The number of aliphatic imine (C=N–C) groups is 1. The number of halogens is 1. The lowest BCUT2D eigenvalue weighted by Crippen LogP contribution is -2.53. The average Bonchev–Trinajstić information content (AvgIpc) is 2.92. The summed E-state index contributed by atoms with van der Waals surface area (Å²) in [4.78, 5) is 20.9. The minimum atomic E-state index is -0.477. The third kappa shape index (κ3) is 4.02. The van der Waals surface area contributed by atoms with Crippen molar-refractivity contribution in [3.8, 4) is 5.75 Å². The van der Waals surface area contributed by atoms with Gasteiger partial charge in [-0.15, -0.1) is 0 Å². The Morgan fingerprint density at radius 3 is 2.96 bits per heavy atom. The van der Waals surface area contributed by atoms with Crippen LogP contribution in [0.25, 0.3) is 6.08 Å². The number of aliphatic hydroxyl groups is 1. The maximum atomic E-state index is 13.3. The molecule has 1 amide bonds. The molecule has 0 saturated carbocycles. The normalized spacial score (nSPS) is 23.4. The minimum absolute atomic E-state index is 0.0817. The summed E-state index contributed by atoms with van der Waals surface area (Å²) in [5, 5.41) is 19.5. The lowest BCUT2D eigenvalue weighted by molar-refractivity contribution is -0.113. The number of phenols is 1. The highest BCUT2D eigenvalue weighted by Gasteiger charge is 2.32. The number of amides is 1. The first-order chi connectivity index (χ1) is 12.0. The number of nitrogens with zero attached hydrogens (tertiary/aromatic N) is 3. The van der Waals surface area contributed by atoms with Gasteiger partial charge in [0, 0.05) is 37.8 Å². The minimum Gasteiger partial charge on any atom is -0.507 e. The number of thioether (sulfide) groups is 1. The number of aromatic hydroxyl groups is 1. The van der Waals surface area contributed by atoms with Gasteiger partial charge in [0.25, 0.3) is 5.91 Å². The first-order valence-corrected chi connectivity index (χ1v) is 8.90. The zero-order valence-corrected chi connectivity index (χ0v) is 14.7. The molecule has 0 aliphatic carbocycles. The van der Waals surface area contributed by atoms with Crippen LogP contribution in [0.2, 0.25) is 0 Å². The van der Waals surface area contributed by atoms with Crippen molar-refractivity contribution in [3.63, 3.8) is 0 Å². The van der Waals surface area contributed by atoms with E-state index in [1.807, 2.05) is 0 Å². The number of benzene rings is 1. The van der Waals surface area contributed by atoms with Crippen molar-refractivity contribution in [2.24, 2.45) is 4.99 Å². The Balaban J connectivity index is 1.73. The molecular weight excluding hydrogens is 345 g/mol. The molecule has 0 spiro atoms. The van der Waals surface area contributed by atoms with Crippen molar-refractivity contribution in [2.75, 3.05) is 32.8 Å². The second kappa shape index (κ2) is 7.55. The summed E-state index contributed by atoms with van der Waals surface area (Å²) in [5.41, 5.74) is 0.258. The number of hydrogen-bond acceptors (Lipinski definition) is 6. The number of piperazine rings is 1. The molecule has 2 heterocycles. The standard InChI is InChI=1S/C17H20FN3O3S/c1-11-10-20(6-7-22)4-5-21(11)17-19-16(24)15(25-17)9-12-8-13(18)2-3-14(12)23/h2-3,8-9,11,22-23H,4-7,10H2,1H3/b15-9-/t11-/m0/s1. The lowest BCUT2D eigenvalue weighted by Gasteiger charge is -2.40. The lowest BCUT2D eigenvalue weighted by atomic mass is 10.2. The number of amidine groups is 1. The van der Waals surface area contributed by atoms with Crippen molar-refractivity contribution in [3.05, 3.63) is 34.5 Å². The SMILES string of the molecule is C[C@H]1CN(CCO)CCN1C1=NC(=O)/C(=C/c2cc(F)ccc2O)S1. The molecule has 1 aromatic carbocycles. The molecule has 2 aliphatic rings. The number of phenolic OH excluding ortho intramolecular Hbond substituents is 1. The van der Waals surface area contributed by atoms with Gasteiger partial charge in [-0.2, -0.15) is 4.99 Å². The van der Waals surface area contributed by atoms with Gasteiger partial charge in [0.2, 0.25) is 0 Å². The van der Waals surface area contributed by atoms with E-state index in [-0.39, 0.29) is 29.9 Å². The van der Waals surface area contributed by atoms with Crippen LogP contribution in [0.15, 0.2) is 28.1 Å². The quantitative estimate of drug-likeness (QED) is 0.791. The molecule has 0 radical (unpaired) electrons. The molecule has 25 heavy (non-hydrogen) atoms. The van der Waals surface area contributed by atoms with Crippen molar-refractivity contribution < 1.29 is 19.4 Å². The molecule has 1 fully saturated rings. The van der Waals surface area contributed by atoms with Crippen LogP contribution in [0.1, 0.15) is 12.5 Å². The molecule has 2 N–H and O–H groups in total. The molecule has 134 valence electrons. The molecular formula is C17H20FN3O3S. The van der Waals surface area contributed by atoms with Crippen LogP contribution < -0.4 is 0 Å². The fraction of sp³-hybridized carbons (Fsp3) is 0.412. The van der Waals surface area contributed by atoms with Gasteiger partial charge in [-0.25, -0.2) is 4.39 Å². The Morgan fingerprint density at radius 1 is 1.44 bits per heavy atom. The Bertz CT molecular complexity index is 738. The highest BCUT2D eigenvalue weighted by Crippen LogP contribution is 2.33. The summed E-state index contributed by atoms with van der Waals surface area (Å²) in [6.45, 7) is 5.13. The monoisotopic (exact) mass is 365 g/mol. The van der Waals surface area contributed by atoms with Gasteiger partial charge in [0.1, 0.15) is 11.6 Å². The van der Waals surface area contributed by atoms with Crippen LogP contribution in [0.4, 0.5) is 4.39 Å². The number of carbonyl (C=O) groups is 1. The number of rotatable bonds is 3. The Morgan fingerprint density at radius 2 is 2.24 bits per heavy atom. The summed E-state index contributed by atoms with van der Waals surface area (Å²) in [7, 11) is 0. The smallest absolute Gasteiger partial charge is 0.286 e. The zero-order chi connectivity index (χ0) is 18.0. The molecule has 1 aromatic rings. The molecule has 1 atom stereocenters. The summed E-state index contributed by atoms with van der Waals surface area (Å²) in [6.07, 6.45) is 1.47. The van der Waals surface area contributed by atoms with Crippen LogP contribution >= 0.6 is 11.8 Å². The van der Waals surface area contributed by atoms with E-state index < -0.39 is 5.82 Å². The van der Waals surface area contributed by atoms with E-state index in [4.69, 9.17) is 5.11 Å². The second-order valence-corrected chi connectivity index (χ2v) is 7.09. The summed E-state index contributed by atoms with van der Waals surface area (Å²) >= 11 is 1.24. The molecule has 3 rings (SSSR count). The third-order valence-corrected chi connectivity index (χ3v) is 5.28.